The highest BCUT2D eigenvalue weighted by molar-refractivity contribution is 6.00. The Hall–Kier alpha value is -3.39. The molecule has 3 aromatic heterocycles. The highest BCUT2D eigenvalue weighted by Gasteiger charge is 2.19. The van der Waals surface area contributed by atoms with Crippen molar-refractivity contribution in [1.82, 2.24) is 24.6 Å². The van der Waals surface area contributed by atoms with Crippen molar-refractivity contribution in [3.63, 3.8) is 0 Å². The molecule has 9 heteroatoms. The third-order valence-corrected chi connectivity index (χ3v) is 7.35. The summed E-state index contributed by atoms with van der Waals surface area (Å²) in [6.07, 6.45) is 2.73. The van der Waals surface area contributed by atoms with Gasteiger partial charge in [-0.3, -0.25) is 19.1 Å². The van der Waals surface area contributed by atoms with Crippen LogP contribution in [0, 0.1) is 6.92 Å². The Kier molecular flexibility index (Phi) is 8.41. The number of carbonyl (C=O) groups excluding carboxylic acids is 1. The van der Waals surface area contributed by atoms with Gasteiger partial charge in [0.25, 0.3) is 5.91 Å². The first-order chi connectivity index (χ1) is 17.6. The van der Waals surface area contributed by atoms with Crippen molar-refractivity contribution in [2.45, 2.75) is 13.3 Å². The second kappa shape index (κ2) is 11.6. The number of nitrogens with zero attached hydrogens (tertiary/aromatic N) is 5. The molecule has 2 aromatic carbocycles. The molecule has 0 aliphatic carbocycles. The van der Waals surface area contributed by atoms with E-state index in [1.807, 2.05) is 17.4 Å². The third-order valence-electron chi connectivity index (χ3n) is 7.35. The number of aromatic nitrogens is 3. The summed E-state index contributed by atoms with van der Waals surface area (Å²) in [7, 11) is 1.63. The normalized spacial score (nSPS) is 13.9. The first kappa shape index (κ1) is 27.6. The monoisotopic (exact) mass is 550 g/mol. The molecule has 1 amide bonds. The van der Waals surface area contributed by atoms with E-state index in [1.54, 1.807) is 13.4 Å². The van der Waals surface area contributed by atoms with Crippen molar-refractivity contribution in [1.29, 1.82) is 0 Å². The summed E-state index contributed by atoms with van der Waals surface area (Å²) in [4.78, 5) is 26.3. The summed E-state index contributed by atoms with van der Waals surface area (Å²) in [6.45, 7) is 7.18. The number of nitrogens with one attached hydrogen (secondary N) is 1. The van der Waals surface area contributed by atoms with Gasteiger partial charge in [0.05, 0.1) is 16.6 Å². The minimum atomic E-state index is -0.165. The summed E-state index contributed by atoms with van der Waals surface area (Å²) < 4.78 is 2.02. The zero-order valence-corrected chi connectivity index (χ0v) is 23.2. The molecule has 38 heavy (non-hydrogen) atoms. The number of hydrogen-bond acceptors (Lipinski definition) is 5. The molecule has 1 aliphatic heterocycles. The summed E-state index contributed by atoms with van der Waals surface area (Å²) in [6, 6.07) is 21.3. The van der Waals surface area contributed by atoms with Gasteiger partial charge in [0.2, 0.25) is 0 Å². The topological polar surface area (TPSA) is 65.8 Å². The van der Waals surface area contributed by atoms with Crippen molar-refractivity contribution in [3.05, 3.63) is 83.9 Å². The summed E-state index contributed by atoms with van der Waals surface area (Å²) in [5.41, 5.74) is 7.10. The number of aryl methyl sites for hydroxylation is 1. The van der Waals surface area contributed by atoms with E-state index in [0.717, 1.165) is 61.4 Å². The second-order valence-corrected chi connectivity index (χ2v) is 9.49. The number of pyridine rings is 2. The number of benzene rings is 2. The molecule has 0 spiro atoms. The Balaban J connectivity index is 0.00000168. The molecule has 5 aromatic rings. The van der Waals surface area contributed by atoms with E-state index in [1.165, 1.54) is 22.0 Å². The van der Waals surface area contributed by atoms with Crippen LogP contribution in [0.5, 0.6) is 0 Å². The number of amides is 1. The van der Waals surface area contributed by atoms with Gasteiger partial charge in [-0.2, -0.15) is 0 Å². The summed E-state index contributed by atoms with van der Waals surface area (Å²) in [5, 5.41) is 5.12. The first-order valence-electron chi connectivity index (χ1n) is 12.6. The largest absolute Gasteiger partial charge is 0.368 e. The predicted molar refractivity (Wildman–Crippen MR) is 159 cm³/mol. The number of carbonyl (C=O) groups is 1. The Morgan fingerprint density at radius 2 is 1.66 bits per heavy atom. The van der Waals surface area contributed by atoms with Gasteiger partial charge >= 0.3 is 0 Å². The van der Waals surface area contributed by atoms with E-state index in [9.17, 15) is 4.79 Å². The van der Waals surface area contributed by atoms with Crippen LogP contribution in [0.2, 0.25) is 0 Å². The van der Waals surface area contributed by atoms with Crippen LogP contribution in [-0.4, -0.2) is 64.9 Å². The standard InChI is InChI=1S/C29H30N6O.2ClH/c1-20-9-10-23-24(32-20)6-4-7-25(23)34-17-15-33(16-18-34)14-13-21-5-3-8-26-22(21)11-12-27-28(29(36)30-2)31-19-35(26)27;;/h3-12,19H,13-18H2,1-2H3,(H,30,36);2*1H. The fourth-order valence-electron chi connectivity index (χ4n) is 5.39. The van der Waals surface area contributed by atoms with Gasteiger partial charge in [0.1, 0.15) is 6.33 Å². The van der Waals surface area contributed by atoms with Crippen molar-refractivity contribution in [3.8, 4) is 0 Å². The van der Waals surface area contributed by atoms with Crippen LogP contribution >= 0.6 is 24.8 Å². The molecule has 1 N–H and O–H groups in total. The van der Waals surface area contributed by atoms with Crippen LogP contribution in [0.15, 0.2) is 67.0 Å². The molecule has 0 unspecified atom stereocenters. The van der Waals surface area contributed by atoms with E-state index < -0.39 is 0 Å². The Labute approximate surface area is 234 Å². The number of piperazine rings is 1. The Bertz CT molecular complexity index is 1590. The van der Waals surface area contributed by atoms with Crippen LogP contribution in [0.25, 0.3) is 27.3 Å². The lowest BCUT2D eigenvalue weighted by molar-refractivity contribution is 0.0960. The molecule has 0 saturated carbocycles. The average molecular weight is 552 g/mol. The molecule has 198 valence electrons. The molecule has 1 saturated heterocycles. The molecule has 1 fully saturated rings. The van der Waals surface area contributed by atoms with Crippen LogP contribution in [-0.2, 0) is 6.42 Å². The number of rotatable bonds is 5. The maximum Gasteiger partial charge on any atom is 0.271 e. The molecule has 1 aliphatic rings. The van der Waals surface area contributed by atoms with Crippen molar-refractivity contribution in [2.24, 2.45) is 0 Å². The van der Waals surface area contributed by atoms with Crippen molar-refractivity contribution < 1.29 is 4.79 Å². The van der Waals surface area contributed by atoms with E-state index in [4.69, 9.17) is 4.98 Å². The molecular formula is C29H32Cl2N6O. The van der Waals surface area contributed by atoms with Gasteiger partial charge in [0.15, 0.2) is 5.69 Å². The van der Waals surface area contributed by atoms with Crippen molar-refractivity contribution >= 4 is 63.7 Å². The maximum atomic E-state index is 12.2. The molecule has 6 rings (SSSR count). The molecule has 4 heterocycles. The SMILES string of the molecule is CNC(=O)c1ncn2c1ccc1c(CCN3CCN(c4cccc5nc(C)ccc45)CC3)cccc12.Cl.Cl. The number of fused-ring (bicyclic) bond motifs is 4. The first-order valence-corrected chi connectivity index (χ1v) is 12.6. The fraction of sp³-hybridized carbons (Fsp3) is 0.276. The van der Waals surface area contributed by atoms with Crippen LogP contribution in [0.1, 0.15) is 21.7 Å². The van der Waals surface area contributed by atoms with Gasteiger partial charge < -0.3 is 10.2 Å². The quantitative estimate of drug-likeness (QED) is 0.336. The van der Waals surface area contributed by atoms with Gasteiger partial charge in [-0.05, 0) is 55.3 Å². The minimum absolute atomic E-state index is 0. The zero-order chi connectivity index (χ0) is 24.6. The van der Waals surface area contributed by atoms with E-state index in [2.05, 4.69) is 74.7 Å². The minimum Gasteiger partial charge on any atom is -0.368 e. The van der Waals surface area contributed by atoms with Crippen molar-refractivity contribution in [2.75, 3.05) is 44.7 Å². The average Bonchev–Trinajstić information content (AvgIpc) is 3.36. The van der Waals surface area contributed by atoms with Crippen LogP contribution in [0.4, 0.5) is 5.69 Å². The zero-order valence-electron chi connectivity index (χ0n) is 21.6. The predicted octanol–water partition coefficient (Wildman–Crippen LogP) is 4.91. The van der Waals surface area contributed by atoms with Gasteiger partial charge in [-0.1, -0.05) is 24.3 Å². The Morgan fingerprint density at radius 3 is 2.45 bits per heavy atom. The van der Waals surface area contributed by atoms with Crippen LogP contribution < -0.4 is 10.2 Å². The summed E-state index contributed by atoms with van der Waals surface area (Å²) in [5.74, 6) is -0.165. The highest BCUT2D eigenvalue weighted by Crippen LogP contribution is 2.27. The smallest absolute Gasteiger partial charge is 0.271 e. The lowest BCUT2D eigenvalue weighted by atomic mass is 10.0. The molecule has 0 radical (unpaired) electrons. The lowest BCUT2D eigenvalue weighted by Crippen LogP contribution is -2.47. The van der Waals surface area contributed by atoms with Gasteiger partial charge in [-0.25, -0.2) is 4.98 Å². The number of hydrogen-bond donors (Lipinski definition) is 1. The molecule has 0 atom stereocenters. The Morgan fingerprint density at radius 1 is 0.895 bits per heavy atom. The van der Waals surface area contributed by atoms with Gasteiger partial charge in [0, 0.05) is 61.9 Å². The summed E-state index contributed by atoms with van der Waals surface area (Å²) >= 11 is 0. The number of halogens is 2. The third kappa shape index (κ3) is 5.01. The van der Waals surface area contributed by atoms with E-state index in [0.29, 0.717) is 5.69 Å². The number of imidazole rings is 1. The molecular weight excluding hydrogens is 519 g/mol. The molecule has 0 bridgehead atoms. The van der Waals surface area contributed by atoms with E-state index >= 15 is 0 Å². The van der Waals surface area contributed by atoms with E-state index in [-0.39, 0.29) is 30.7 Å². The highest BCUT2D eigenvalue weighted by atomic mass is 35.5. The lowest BCUT2D eigenvalue weighted by Gasteiger charge is -2.36. The number of anilines is 1. The van der Waals surface area contributed by atoms with Gasteiger partial charge in [-0.15, -0.1) is 24.8 Å². The van der Waals surface area contributed by atoms with Crippen LogP contribution in [0.3, 0.4) is 0 Å². The molecule has 7 nitrogen and oxygen atoms in total. The maximum absolute atomic E-state index is 12.2. The fourth-order valence-corrected chi connectivity index (χ4v) is 5.39. The second-order valence-electron chi connectivity index (χ2n) is 9.49.